The van der Waals surface area contributed by atoms with Crippen LogP contribution in [-0.2, 0) is 6.42 Å². The number of fused-ring (bicyclic) bond motifs is 1. The van der Waals surface area contributed by atoms with Crippen LogP contribution in [0.3, 0.4) is 0 Å². The number of nitrogens with one attached hydrogen (secondary N) is 2. The summed E-state index contributed by atoms with van der Waals surface area (Å²) in [6.07, 6.45) is 2.14. The third kappa shape index (κ3) is 5.71. The summed E-state index contributed by atoms with van der Waals surface area (Å²) in [4.78, 5) is 25.6. The molecule has 0 saturated heterocycles. The minimum absolute atomic E-state index is 0.221. The number of aryl methyl sites for hydroxylation is 1. The molecule has 0 saturated carbocycles. The number of nitrogens with zero attached hydrogens (tertiary/aromatic N) is 3. The van der Waals surface area contributed by atoms with E-state index in [1.165, 1.54) is 0 Å². The molecule has 8 nitrogen and oxygen atoms in total. The maximum absolute atomic E-state index is 13.1. The van der Waals surface area contributed by atoms with E-state index in [-0.39, 0.29) is 17.6 Å². The minimum Gasteiger partial charge on any atom is -0.455 e. The van der Waals surface area contributed by atoms with Gasteiger partial charge in [-0.05, 0) is 74.4 Å². The highest BCUT2D eigenvalue weighted by Crippen LogP contribution is 2.30. The second kappa shape index (κ2) is 11.2. The van der Waals surface area contributed by atoms with Crippen LogP contribution in [0.1, 0.15) is 50.6 Å². The molecule has 38 heavy (non-hydrogen) atoms. The molecule has 1 heterocycles. The lowest BCUT2D eigenvalue weighted by Gasteiger charge is -2.13. The van der Waals surface area contributed by atoms with E-state index in [1.807, 2.05) is 37.3 Å². The van der Waals surface area contributed by atoms with Crippen molar-refractivity contribution in [3.8, 4) is 0 Å². The zero-order valence-electron chi connectivity index (χ0n) is 20.6. The number of azo groups is 1. The first-order valence-electron chi connectivity index (χ1n) is 12.1. The van der Waals surface area contributed by atoms with Crippen molar-refractivity contribution in [2.45, 2.75) is 26.2 Å². The summed E-state index contributed by atoms with van der Waals surface area (Å²) in [7, 11) is 0. The third-order valence-corrected chi connectivity index (χ3v) is 6.31. The van der Waals surface area contributed by atoms with Gasteiger partial charge in [0.05, 0.1) is 17.1 Å². The van der Waals surface area contributed by atoms with Gasteiger partial charge in [0.15, 0.2) is 5.76 Å². The predicted octanol–water partition coefficient (Wildman–Crippen LogP) is 7.38. The van der Waals surface area contributed by atoms with Crippen molar-refractivity contribution in [3.63, 3.8) is 0 Å². The van der Waals surface area contributed by atoms with Gasteiger partial charge in [-0.15, -0.1) is 0 Å². The number of hydrazone groups is 1. The van der Waals surface area contributed by atoms with Crippen molar-refractivity contribution in [1.29, 1.82) is 0 Å². The lowest BCUT2D eigenvalue weighted by Crippen LogP contribution is -2.22. The summed E-state index contributed by atoms with van der Waals surface area (Å²) in [5.41, 5.74) is 7.16. The molecule has 1 aliphatic rings. The molecule has 2 amide bonds. The lowest BCUT2D eigenvalue weighted by atomic mass is 9.93. The maximum Gasteiger partial charge on any atom is 0.291 e. The fourth-order valence-corrected chi connectivity index (χ4v) is 4.41. The summed E-state index contributed by atoms with van der Waals surface area (Å²) >= 11 is 5.99. The second-order valence-corrected chi connectivity index (χ2v) is 9.19. The molecule has 1 aromatic heterocycles. The number of carbonyl (C=O) groups is 2. The summed E-state index contributed by atoms with van der Waals surface area (Å²) in [5.74, 6) is 0.181. The van der Waals surface area contributed by atoms with Gasteiger partial charge in [-0.1, -0.05) is 35.9 Å². The third-order valence-electron chi connectivity index (χ3n) is 6.07. The minimum atomic E-state index is -0.363. The molecule has 0 spiro atoms. The number of hydrogen-bond donors (Lipinski definition) is 2. The van der Waals surface area contributed by atoms with Gasteiger partial charge in [0.25, 0.3) is 11.8 Å². The molecular formula is C29H24ClN5O3. The van der Waals surface area contributed by atoms with Gasteiger partial charge < -0.3 is 9.73 Å². The van der Waals surface area contributed by atoms with E-state index in [0.717, 1.165) is 17.7 Å². The average molecular weight is 526 g/mol. The Morgan fingerprint density at radius 3 is 2.34 bits per heavy atom. The van der Waals surface area contributed by atoms with Gasteiger partial charge in [-0.25, -0.2) is 5.43 Å². The molecule has 4 aromatic rings. The van der Waals surface area contributed by atoms with Crippen LogP contribution in [0.25, 0.3) is 0 Å². The zero-order chi connectivity index (χ0) is 26.5. The molecule has 3 aromatic carbocycles. The molecule has 5 rings (SSSR count). The highest BCUT2D eigenvalue weighted by molar-refractivity contribution is 6.31. The van der Waals surface area contributed by atoms with E-state index in [4.69, 9.17) is 16.0 Å². The van der Waals surface area contributed by atoms with Gasteiger partial charge in [0.1, 0.15) is 5.76 Å². The van der Waals surface area contributed by atoms with Gasteiger partial charge in [0.2, 0.25) is 0 Å². The smallest absolute Gasteiger partial charge is 0.291 e. The number of furan rings is 1. The molecule has 0 unspecified atom stereocenters. The Morgan fingerprint density at radius 2 is 1.61 bits per heavy atom. The van der Waals surface area contributed by atoms with Crippen LogP contribution < -0.4 is 10.7 Å². The van der Waals surface area contributed by atoms with Crippen LogP contribution in [0.2, 0.25) is 5.02 Å². The van der Waals surface area contributed by atoms with Crippen molar-refractivity contribution >= 4 is 46.2 Å². The molecule has 0 atom stereocenters. The predicted molar refractivity (Wildman–Crippen MR) is 147 cm³/mol. The standard InChI is InChI=1S/C29H24ClN5O3/c1-18-26-24(34-35-28(36)19-7-5-8-20(30)17-19)11-6-12-25(26)38-27(18)29(37)31-21-13-15-23(16-14-21)33-32-22-9-3-2-4-10-22/h2-5,7-10,13-17H,6,11-12H2,1H3,(H,31,37)(H,35,36). The average Bonchev–Trinajstić information content (AvgIpc) is 3.29. The van der Waals surface area contributed by atoms with Crippen LogP contribution in [-0.4, -0.2) is 17.5 Å². The van der Waals surface area contributed by atoms with Crippen LogP contribution >= 0.6 is 11.6 Å². The molecule has 0 fully saturated rings. The summed E-state index contributed by atoms with van der Waals surface area (Å²) < 4.78 is 5.96. The fourth-order valence-electron chi connectivity index (χ4n) is 4.22. The first-order chi connectivity index (χ1) is 18.5. The SMILES string of the molecule is Cc1c(C(=O)Nc2ccc(N=Nc3ccccc3)cc2)oc2c1C(=NNC(=O)c1cccc(Cl)c1)CCC2. The van der Waals surface area contributed by atoms with Crippen molar-refractivity contribution in [2.24, 2.45) is 15.3 Å². The molecule has 0 aliphatic heterocycles. The van der Waals surface area contributed by atoms with E-state index in [1.54, 1.807) is 48.5 Å². The van der Waals surface area contributed by atoms with Crippen LogP contribution in [0.4, 0.5) is 17.1 Å². The summed E-state index contributed by atoms with van der Waals surface area (Å²) in [6.45, 7) is 1.82. The maximum atomic E-state index is 13.1. The molecule has 9 heteroatoms. The largest absolute Gasteiger partial charge is 0.455 e. The van der Waals surface area contributed by atoms with E-state index in [2.05, 4.69) is 26.1 Å². The zero-order valence-corrected chi connectivity index (χ0v) is 21.3. The number of hydrogen-bond acceptors (Lipinski definition) is 6. The van der Waals surface area contributed by atoms with Gasteiger partial charge in [0, 0.05) is 33.8 Å². The number of rotatable bonds is 6. The molecule has 190 valence electrons. The Kier molecular flexibility index (Phi) is 7.42. The van der Waals surface area contributed by atoms with Crippen LogP contribution in [0, 0.1) is 6.92 Å². The van der Waals surface area contributed by atoms with Crippen LogP contribution in [0.15, 0.2) is 98.6 Å². The Balaban J connectivity index is 1.29. The van der Waals surface area contributed by atoms with Crippen LogP contribution in [0.5, 0.6) is 0 Å². The normalized spacial score (nSPS) is 13.9. The Morgan fingerprint density at radius 1 is 0.868 bits per heavy atom. The molecule has 0 bridgehead atoms. The van der Waals surface area contributed by atoms with Crippen molar-refractivity contribution < 1.29 is 14.0 Å². The Bertz CT molecular complexity index is 1540. The molecule has 1 aliphatic carbocycles. The summed E-state index contributed by atoms with van der Waals surface area (Å²) in [5, 5.41) is 16.1. The quantitative estimate of drug-likeness (QED) is 0.202. The monoisotopic (exact) mass is 525 g/mol. The first kappa shape index (κ1) is 25.1. The van der Waals surface area contributed by atoms with E-state index in [9.17, 15) is 9.59 Å². The Labute approximate surface area is 224 Å². The van der Waals surface area contributed by atoms with Gasteiger partial charge in [-0.3, -0.25) is 9.59 Å². The number of halogens is 1. The number of amides is 2. The first-order valence-corrected chi connectivity index (χ1v) is 12.5. The van der Waals surface area contributed by atoms with E-state index < -0.39 is 0 Å². The van der Waals surface area contributed by atoms with Crippen molar-refractivity contribution in [2.75, 3.05) is 5.32 Å². The van der Waals surface area contributed by atoms with Gasteiger partial charge >= 0.3 is 0 Å². The summed E-state index contributed by atoms with van der Waals surface area (Å²) in [6, 6.07) is 23.2. The highest BCUT2D eigenvalue weighted by atomic mass is 35.5. The van der Waals surface area contributed by atoms with E-state index in [0.29, 0.717) is 51.8 Å². The highest BCUT2D eigenvalue weighted by Gasteiger charge is 2.28. The molecular weight excluding hydrogens is 502 g/mol. The fraction of sp³-hybridized carbons (Fsp3) is 0.138. The Hall–Kier alpha value is -4.56. The lowest BCUT2D eigenvalue weighted by molar-refractivity contribution is 0.0953. The number of benzene rings is 3. The molecule has 2 N–H and O–H groups in total. The topological polar surface area (TPSA) is 108 Å². The number of anilines is 1. The van der Waals surface area contributed by atoms with Crippen molar-refractivity contribution in [1.82, 2.24) is 5.43 Å². The second-order valence-electron chi connectivity index (χ2n) is 8.75. The van der Waals surface area contributed by atoms with Gasteiger partial charge in [-0.2, -0.15) is 15.3 Å². The number of carbonyl (C=O) groups excluding carboxylic acids is 2. The molecule has 0 radical (unpaired) electrons. The van der Waals surface area contributed by atoms with E-state index >= 15 is 0 Å². The van der Waals surface area contributed by atoms with Crippen molar-refractivity contribution in [3.05, 3.63) is 112 Å².